The van der Waals surface area contributed by atoms with Crippen LogP contribution in [-0.4, -0.2) is 31.5 Å². The van der Waals surface area contributed by atoms with Crippen molar-refractivity contribution in [3.8, 4) is 0 Å². The summed E-state index contributed by atoms with van der Waals surface area (Å²) in [6, 6.07) is 7.89. The van der Waals surface area contributed by atoms with Crippen molar-refractivity contribution < 1.29 is 4.79 Å². The number of carbonyl (C=O) groups is 1. The second kappa shape index (κ2) is 13.9. The molecule has 1 aromatic rings. The predicted molar refractivity (Wildman–Crippen MR) is 117 cm³/mol. The van der Waals surface area contributed by atoms with Gasteiger partial charge in [-0.1, -0.05) is 38.8 Å². The van der Waals surface area contributed by atoms with Crippen molar-refractivity contribution in [1.82, 2.24) is 16.0 Å². The van der Waals surface area contributed by atoms with Gasteiger partial charge in [-0.25, -0.2) is 0 Å². The Kier molecular flexibility index (Phi) is 13.2. The molecule has 6 heteroatoms. The molecule has 0 heterocycles. The van der Waals surface area contributed by atoms with Gasteiger partial charge in [0.05, 0.1) is 0 Å². The summed E-state index contributed by atoms with van der Waals surface area (Å²) in [7, 11) is 1.77. The zero-order valence-corrected chi connectivity index (χ0v) is 18.2. The fourth-order valence-corrected chi connectivity index (χ4v) is 2.22. The molecule has 1 unspecified atom stereocenters. The lowest BCUT2D eigenvalue weighted by atomic mass is 10.1. The van der Waals surface area contributed by atoms with Crippen LogP contribution in [-0.2, 0) is 6.54 Å². The number of nitrogens with one attached hydrogen (secondary N) is 3. The van der Waals surface area contributed by atoms with Gasteiger partial charge in [0.1, 0.15) is 0 Å². The first kappa shape index (κ1) is 23.7. The minimum atomic E-state index is -0.0201. The molecule has 142 valence electrons. The monoisotopic (exact) mass is 460 g/mol. The van der Waals surface area contributed by atoms with E-state index in [0.29, 0.717) is 12.1 Å². The van der Waals surface area contributed by atoms with Crippen molar-refractivity contribution >= 4 is 35.8 Å². The molecule has 0 saturated carbocycles. The fourth-order valence-electron chi connectivity index (χ4n) is 2.22. The number of amides is 1. The number of carbonyl (C=O) groups excluding carboxylic acids is 1. The van der Waals surface area contributed by atoms with Crippen molar-refractivity contribution in [3.63, 3.8) is 0 Å². The third-order valence-corrected chi connectivity index (χ3v) is 3.94. The molecular formula is C19H33IN4O. The topological polar surface area (TPSA) is 65.5 Å². The summed E-state index contributed by atoms with van der Waals surface area (Å²) >= 11 is 0. The number of halogens is 1. The third-order valence-electron chi connectivity index (χ3n) is 3.94. The molecule has 0 aliphatic rings. The average molecular weight is 460 g/mol. The predicted octanol–water partition coefficient (Wildman–Crippen LogP) is 3.69. The van der Waals surface area contributed by atoms with E-state index in [9.17, 15) is 4.79 Å². The Morgan fingerprint density at radius 3 is 2.60 bits per heavy atom. The lowest BCUT2D eigenvalue weighted by Gasteiger charge is -2.13. The maximum Gasteiger partial charge on any atom is 0.251 e. The van der Waals surface area contributed by atoms with Gasteiger partial charge >= 0.3 is 0 Å². The Morgan fingerprint density at radius 1 is 1.20 bits per heavy atom. The summed E-state index contributed by atoms with van der Waals surface area (Å²) in [5.41, 5.74) is 1.75. The molecule has 0 saturated heterocycles. The van der Waals surface area contributed by atoms with Crippen LogP contribution in [0.5, 0.6) is 0 Å². The van der Waals surface area contributed by atoms with E-state index >= 15 is 0 Å². The zero-order valence-electron chi connectivity index (χ0n) is 15.9. The standard InChI is InChI=1S/C19H32N4O.HI/c1-5-7-8-12-21-19(20-4)22-14-16-10-9-11-17(13-16)18(24)23-15(3)6-2;/h9-11,13,15H,5-8,12,14H2,1-4H3,(H,23,24)(H2,20,21,22);1H. The van der Waals surface area contributed by atoms with Crippen LogP contribution in [0.2, 0.25) is 0 Å². The first-order valence-corrected chi connectivity index (χ1v) is 8.95. The summed E-state index contributed by atoms with van der Waals surface area (Å²) in [6.07, 6.45) is 4.49. The van der Waals surface area contributed by atoms with E-state index in [1.165, 1.54) is 12.8 Å². The van der Waals surface area contributed by atoms with Crippen molar-refractivity contribution in [2.75, 3.05) is 13.6 Å². The number of rotatable bonds is 9. The first-order chi connectivity index (χ1) is 11.6. The van der Waals surface area contributed by atoms with E-state index in [2.05, 4.69) is 34.8 Å². The third kappa shape index (κ3) is 9.67. The molecule has 0 bridgehead atoms. The smallest absolute Gasteiger partial charge is 0.251 e. The van der Waals surface area contributed by atoms with Crippen LogP contribution in [0.1, 0.15) is 62.4 Å². The van der Waals surface area contributed by atoms with E-state index < -0.39 is 0 Å². The van der Waals surface area contributed by atoms with Gasteiger partial charge in [-0.15, -0.1) is 24.0 Å². The molecule has 3 N–H and O–H groups in total. The number of aliphatic imine (C=N–C) groups is 1. The van der Waals surface area contributed by atoms with E-state index in [4.69, 9.17) is 0 Å². The van der Waals surface area contributed by atoms with Crippen molar-refractivity contribution in [2.45, 2.75) is 59.0 Å². The van der Waals surface area contributed by atoms with E-state index in [0.717, 1.165) is 30.9 Å². The van der Waals surface area contributed by atoms with Crippen molar-refractivity contribution in [2.24, 2.45) is 4.99 Å². The van der Waals surface area contributed by atoms with Gasteiger partial charge in [-0.05, 0) is 37.5 Å². The van der Waals surface area contributed by atoms with Crippen LogP contribution < -0.4 is 16.0 Å². The largest absolute Gasteiger partial charge is 0.356 e. The highest BCUT2D eigenvalue weighted by Crippen LogP contribution is 2.06. The lowest BCUT2D eigenvalue weighted by Crippen LogP contribution is -2.37. The van der Waals surface area contributed by atoms with Crippen LogP contribution in [0.3, 0.4) is 0 Å². The molecule has 0 fully saturated rings. The molecule has 1 rings (SSSR count). The normalized spacial score (nSPS) is 12.1. The van der Waals surface area contributed by atoms with Crippen LogP contribution in [0, 0.1) is 0 Å². The molecule has 1 amide bonds. The molecular weight excluding hydrogens is 427 g/mol. The molecule has 0 aliphatic heterocycles. The Bertz CT molecular complexity index is 534. The van der Waals surface area contributed by atoms with Gasteiger partial charge in [0.2, 0.25) is 0 Å². The quantitative estimate of drug-likeness (QED) is 0.228. The van der Waals surface area contributed by atoms with Crippen LogP contribution in [0.4, 0.5) is 0 Å². The number of unbranched alkanes of at least 4 members (excludes halogenated alkanes) is 2. The lowest BCUT2D eigenvalue weighted by molar-refractivity contribution is 0.0939. The number of nitrogens with zero attached hydrogens (tertiary/aromatic N) is 1. The summed E-state index contributed by atoms with van der Waals surface area (Å²) in [5.74, 6) is 0.772. The number of hydrogen-bond acceptors (Lipinski definition) is 2. The molecule has 0 radical (unpaired) electrons. The molecule has 1 atom stereocenters. The molecule has 5 nitrogen and oxygen atoms in total. The Hall–Kier alpha value is -1.31. The number of benzene rings is 1. The maximum atomic E-state index is 12.2. The van der Waals surface area contributed by atoms with Crippen molar-refractivity contribution in [3.05, 3.63) is 35.4 Å². The number of guanidine groups is 1. The van der Waals surface area contributed by atoms with Gasteiger partial charge in [0.15, 0.2) is 5.96 Å². The van der Waals surface area contributed by atoms with Gasteiger partial charge in [0.25, 0.3) is 5.91 Å². The molecule has 0 spiro atoms. The minimum Gasteiger partial charge on any atom is -0.356 e. The van der Waals surface area contributed by atoms with Gasteiger partial charge in [-0.2, -0.15) is 0 Å². The van der Waals surface area contributed by atoms with Crippen LogP contribution in [0.25, 0.3) is 0 Å². The molecule has 0 aromatic heterocycles. The van der Waals surface area contributed by atoms with E-state index in [1.807, 2.05) is 31.2 Å². The Morgan fingerprint density at radius 2 is 1.96 bits per heavy atom. The Labute approximate surface area is 169 Å². The molecule has 1 aromatic carbocycles. The SMILES string of the molecule is CCCCCNC(=NC)NCc1cccc(C(=O)NC(C)CC)c1.I. The second-order valence-electron chi connectivity index (χ2n) is 6.04. The van der Waals surface area contributed by atoms with E-state index in [-0.39, 0.29) is 35.9 Å². The summed E-state index contributed by atoms with van der Waals surface area (Å²) in [6.45, 7) is 7.82. The average Bonchev–Trinajstić information content (AvgIpc) is 2.61. The highest BCUT2D eigenvalue weighted by molar-refractivity contribution is 14.0. The summed E-state index contributed by atoms with van der Waals surface area (Å²) in [5, 5.41) is 9.59. The Balaban J connectivity index is 0.00000576. The van der Waals surface area contributed by atoms with Crippen LogP contribution in [0.15, 0.2) is 29.3 Å². The first-order valence-electron chi connectivity index (χ1n) is 8.95. The van der Waals surface area contributed by atoms with Crippen molar-refractivity contribution in [1.29, 1.82) is 0 Å². The van der Waals surface area contributed by atoms with Gasteiger partial charge < -0.3 is 16.0 Å². The molecule has 25 heavy (non-hydrogen) atoms. The highest BCUT2D eigenvalue weighted by atomic mass is 127. The van der Waals surface area contributed by atoms with E-state index in [1.54, 1.807) is 7.05 Å². The zero-order chi connectivity index (χ0) is 17.8. The fraction of sp³-hybridized carbons (Fsp3) is 0.579. The number of hydrogen-bond donors (Lipinski definition) is 3. The highest BCUT2D eigenvalue weighted by Gasteiger charge is 2.09. The van der Waals surface area contributed by atoms with Gasteiger partial charge in [-0.3, -0.25) is 9.79 Å². The summed E-state index contributed by atoms with van der Waals surface area (Å²) in [4.78, 5) is 16.4. The maximum absolute atomic E-state index is 12.2. The second-order valence-corrected chi connectivity index (χ2v) is 6.04. The molecule has 0 aliphatic carbocycles. The minimum absolute atomic E-state index is 0. The summed E-state index contributed by atoms with van der Waals surface area (Å²) < 4.78 is 0. The van der Waals surface area contributed by atoms with Crippen LogP contribution >= 0.6 is 24.0 Å². The van der Waals surface area contributed by atoms with Gasteiger partial charge in [0, 0.05) is 31.7 Å².